The van der Waals surface area contributed by atoms with Gasteiger partial charge in [-0.3, -0.25) is 14.8 Å². The zero-order valence-electron chi connectivity index (χ0n) is 15.2. The van der Waals surface area contributed by atoms with Gasteiger partial charge in [-0.25, -0.2) is 4.98 Å². The van der Waals surface area contributed by atoms with Gasteiger partial charge in [-0.2, -0.15) is 0 Å². The second-order valence-electron chi connectivity index (χ2n) is 6.95. The molecule has 1 atom stereocenters. The van der Waals surface area contributed by atoms with Crippen LogP contribution in [0.2, 0.25) is 0 Å². The molecule has 138 valence electrons. The Bertz CT molecular complexity index is 878. The predicted molar refractivity (Wildman–Crippen MR) is 102 cm³/mol. The lowest BCUT2D eigenvalue weighted by Crippen LogP contribution is -2.40. The third-order valence-electron chi connectivity index (χ3n) is 5.02. The zero-order chi connectivity index (χ0) is 18.5. The molecule has 6 nitrogen and oxygen atoms in total. The summed E-state index contributed by atoms with van der Waals surface area (Å²) in [5.41, 5.74) is 1.97. The minimum absolute atomic E-state index is 0.163. The Kier molecular flexibility index (Phi) is 5.23. The van der Waals surface area contributed by atoms with Gasteiger partial charge in [-0.15, -0.1) is 0 Å². The number of carbonyl (C=O) groups is 1. The number of likely N-dealkylation sites (tertiary alicyclic amines) is 1. The molecule has 1 amide bonds. The van der Waals surface area contributed by atoms with Crippen LogP contribution in [-0.4, -0.2) is 43.4 Å². The summed E-state index contributed by atoms with van der Waals surface area (Å²) in [6, 6.07) is 9.76. The number of nitrogens with zero attached hydrogens (tertiary/aromatic N) is 5. The number of rotatable bonds is 5. The van der Waals surface area contributed by atoms with E-state index in [4.69, 9.17) is 0 Å². The van der Waals surface area contributed by atoms with Gasteiger partial charge in [0.2, 0.25) is 5.91 Å². The third-order valence-corrected chi connectivity index (χ3v) is 5.02. The molecule has 1 aliphatic rings. The molecule has 0 saturated carbocycles. The van der Waals surface area contributed by atoms with Crippen LogP contribution in [0.3, 0.4) is 0 Å². The quantitative estimate of drug-likeness (QED) is 0.701. The predicted octanol–water partition coefficient (Wildman–Crippen LogP) is 2.67. The third kappa shape index (κ3) is 4.22. The van der Waals surface area contributed by atoms with Crippen molar-refractivity contribution in [1.29, 1.82) is 0 Å². The lowest BCUT2D eigenvalue weighted by atomic mass is 9.96. The molecular weight excluding hydrogens is 338 g/mol. The topological polar surface area (TPSA) is 63.9 Å². The summed E-state index contributed by atoms with van der Waals surface area (Å²) < 4.78 is 2.15. The number of pyridine rings is 2. The number of carbonyl (C=O) groups excluding carboxylic acids is 1. The van der Waals surface area contributed by atoms with Gasteiger partial charge >= 0.3 is 0 Å². The van der Waals surface area contributed by atoms with Crippen LogP contribution in [0.4, 0.5) is 0 Å². The average Bonchev–Trinajstić information content (AvgIpc) is 3.18. The fraction of sp³-hybridized carbons (Fsp3) is 0.333. The molecule has 27 heavy (non-hydrogen) atoms. The van der Waals surface area contributed by atoms with Crippen molar-refractivity contribution in [3.05, 3.63) is 78.4 Å². The molecule has 6 heteroatoms. The molecule has 0 aliphatic carbocycles. The van der Waals surface area contributed by atoms with Crippen molar-refractivity contribution in [2.45, 2.75) is 31.7 Å². The molecule has 3 aromatic heterocycles. The number of amides is 1. The van der Waals surface area contributed by atoms with Crippen molar-refractivity contribution in [3.8, 4) is 0 Å². The first-order valence-corrected chi connectivity index (χ1v) is 9.37. The van der Waals surface area contributed by atoms with Gasteiger partial charge in [-0.1, -0.05) is 12.1 Å². The first-order chi connectivity index (χ1) is 13.3. The summed E-state index contributed by atoms with van der Waals surface area (Å²) in [6.45, 7) is 2.24. The molecule has 0 bridgehead atoms. The second-order valence-corrected chi connectivity index (χ2v) is 6.95. The van der Waals surface area contributed by atoms with Gasteiger partial charge in [0.25, 0.3) is 0 Å². The summed E-state index contributed by atoms with van der Waals surface area (Å²) >= 11 is 0. The molecule has 4 rings (SSSR count). The average molecular weight is 361 g/mol. The highest BCUT2D eigenvalue weighted by Crippen LogP contribution is 2.26. The number of aromatic nitrogens is 4. The number of hydrogen-bond donors (Lipinski definition) is 0. The normalized spacial score (nSPS) is 17.0. The number of hydrogen-bond acceptors (Lipinski definition) is 4. The minimum atomic E-state index is 0.163. The first kappa shape index (κ1) is 17.4. The summed E-state index contributed by atoms with van der Waals surface area (Å²) in [7, 11) is 0. The van der Waals surface area contributed by atoms with E-state index in [-0.39, 0.29) is 11.8 Å². The molecule has 0 spiro atoms. The van der Waals surface area contributed by atoms with Crippen molar-refractivity contribution >= 4 is 5.91 Å². The van der Waals surface area contributed by atoms with E-state index in [0.29, 0.717) is 13.0 Å². The van der Waals surface area contributed by atoms with Crippen LogP contribution in [-0.2, 0) is 17.8 Å². The van der Waals surface area contributed by atoms with Crippen molar-refractivity contribution < 1.29 is 4.79 Å². The van der Waals surface area contributed by atoms with E-state index in [1.54, 1.807) is 12.4 Å². The lowest BCUT2D eigenvalue weighted by molar-refractivity contribution is -0.131. The van der Waals surface area contributed by atoms with Gasteiger partial charge in [0.15, 0.2) is 0 Å². The van der Waals surface area contributed by atoms with Crippen LogP contribution in [0.15, 0.2) is 61.3 Å². The van der Waals surface area contributed by atoms with E-state index in [1.807, 2.05) is 53.8 Å². The maximum atomic E-state index is 12.7. The zero-order valence-corrected chi connectivity index (χ0v) is 15.2. The maximum absolute atomic E-state index is 12.7. The fourth-order valence-corrected chi connectivity index (χ4v) is 3.68. The molecule has 0 unspecified atom stereocenters. The summed E-state index contributed by atoms with van der Waals surface area (Å²) in [6.07, 6.45) is 11.6. The summed E-state index contributed by atoms with van der Waals surface area (Å²) in [4.78, 5) is 27.8. The molecule has 4 heterocycles. The van der Waals surface area contributed by atoms with E-state index in [9.17, 15) is 4.79 Å². The molecule has 3 aromatic rings. The highest BCUT2D eigenvalue weighted by atomic mass is 16.2. The number of piperidine rings is 1. The molecule has 1 aliphatic heterocycles. The summed E-state index contributed by atoms with van der Waals surface area (Å²) in [5, 5.41) is 0. The molecule has 0 N–H and O–H groups in total. The first-order valence-electron chi connectivity index (χ1n) is 9.37. The van der Waals surface area contributed by atoms with Crippen LogP contribution < -0.4 is 0 Å². The lowest BCUT2D eigenvalue weighted by Gasteiger charge is -2.32. The standard InChI is InChI=1S/C21H23N5O/c27-20(13-17-5-3-8-22-14-17)25-11-4-6-18(15-25)21-24-10-12-26(21)16-19-7-1-2-9-23-19/h1-3,5,7-10,12,14,18H,4,6,11,13,15-16H2/t18-/m0/s1. The molecule has 0 aromatic carbocycles. The van der Waals surface area contributed by atoms with Crippen molar-refractivity contribution in [3.63, 3.8) is 0 Å². The molecule has 1 saturated heterocycles. The fourth-order valence-electron chi connectivity index (χ4n) is 3.68. The smallest absolute Gasteiger partial charge is 0.227 e. The van der Waals surface area contributed by atoms with Crippen LogP contribution in [0.25, 0.3) is 0 Å². The Morgan fingerprint density at radius 1 is 1.11 bits per heavy atom. The van der Waals surface area contributed by atoms with E-state index in [2.05, 4.69) is 19.5 Å². The van der Waals surface area contributed by atoms with Crippen molar-refractivity contribution in [2.75, 3.05) is 13.1 Å². The monoisotopic (exact) mass is 361 g/mol. The Morgan fingerprint density at radius 2 is 2.07 bits per heavy atom. The van der Waals surface area contributed by atoms with E-state index >= 15 is 0 Å². The Morgan fingerprint density at radius 3 is 2.89 bits per heavy atom. The highest BCUT2D eigenvalue weighted by molar-refractivity contribution is 5.78. The van der Waals surface area contributed by atoms with E-state index in [0.717, 1.165) is 43.0 Å². The van der Waals surface area contributed by atoms with Gasteiger partial charge in [-0.05, 0) is 36.6 Å². The molecule has 0 radical (unpaired) electrons. The largest absolute Gasteiger partial charge is 0.342 e. The summed E-state index contributed by atoms with van der Waals surface area (Å²) in [5.74, 6) is 1.46. The van der Waals surface area contributed by atoms with E-state index < -0.39 is 0 Å². The molecule has 1 fully saturated rings. The van der Waals surface area contributed by atoms with Gasteiger partial charge in [0.05, 0.1) is 18.7 Å². The second kappa shape index (κ2) is 8.12. The Balaban J connectivity index is 1.44. The minimum Gasteiger partial charge on any atom is -0.342 e. The Labute approximate surface area is 158 Å². The number of imidazole rings is 1. The Hall–Kier alpha value is -3.02. The van der Waals surface area contributed by atoms with E-state index in [1.165, 1.54) is 0 Å². The van der Waals surface area contributed by atoms with Crippen LogP contribution in [0, 0.1) is 0 Å². The van der Waals surface area contributed by atoms with Gasteiger partial charge in [0, 0.05) is 50.0 Å². The molecular formula is C21H23N5O. The van der Waals surface area contributed by atoms with Crippen LogP contribution >= 0.6 is 0 Å². The van der Waals surface area contributed by atoms with Crippen molar-refractivity contribution in [2.24, 2.45) is 0 Å². The maximum Gasteiger partial charge on any atom is 0.227 e. The van der Waals surface area contributed by atoms with Crippen LogP contribution in [0.5, 0.6) is 0 Å². The van der Waals surface area contributed by atoms with Gasteiger partial charge in [0.1, 0.15) is 5.82 Å². The van der Waals surface area contributed by atoms with Crippen LogP contribution in [0.1, 0.15) is 35.8 Å². The SMILES string of the molecule is O=C(Cc1cccnc1)N1CCC[C@H](c2nccn2Cc2ccccn2)C1. The van der Waals surface area contributed by atoms with Crippen molar-refractivity contribution in [1.82, 2.24) is 24.4 Å². The highest BCUT2D eigenvalue weighted by Gasteiger charge is 2.27. The van der Waals surface area contributed by atoms with Gasteiger partial charge < -0.3 is 9.47 Å².